The summed E-state index contributed by atoms with van der Waals surface area (Å²) in [5.41, 5.74) is -1.14. The summed E-state index contributed by atoms with van der Waals surface area (Å²) in [6, 6.07) is 0. The van der Waals surface area contributed by atoms with E-state index >= 15 is 0 Å². The highest BCUT2D eigenvalue weighted by Gasteiger charge is 2.15. The van der Waals surface area contributed by atoms with Crippen molar-refractivity contribution in [2.24, 2.45) is 0 Å². The van der Waals surface area contributed by atoms with Gasteiger partial charge in [0.25, 0.3) is 0 Å². The van der Waals surface area contributed by atoms with Crippen molar-refractivity contribution < 1.29 is 9.59 Å². The summed E-state index contributed by atoms with van der Waals surface area (Å²) >= 11 is 0. The largest absolute Gasteiger partial charge is 0.301 e. The molecule has 0 aliphatic carbocycles. The van der Waals surface area contributed by atoms with Crippen LogP contribution < -0.4 is 5.56 Å². The molecule has 0 radical (unpaired) electrons. The Kier molecular flexibility index (Phi) is 2.76. The Hall–Kier alpha value is -1.98. The molecule has 0 bridgehead atoms. The summed E-state index contributed by atoms with van der Waals surface area (Å²) in [6.45, 7) is 2.42. The van der Waals surface area contributed by atoms with Crippen LogP contribution in [0.4, 0.5) is 0 Å². The zero-order chi connectivity index (χ0) is 10.7. The van der Waals surface area contributed by atoms with E-state index < -0.39 is 17.1 Å². The molecule has 0 aliphatic heterocycles. The summed E-state index contributed by atoms with van der Waals surface area (Å²) in [5.74, 6) is -0.938. The SMILES string of the molecule is CC(=O)c1cnnnc(=O)c1C(C)=O. The van der Waals surface area contributed by atoms with Gasteiger partial charge in [0.2, 0.25) is 0 Å². The van der Waals surface area contributed by atoms with Crippen molar-refractivity contribution in [3.05, 3.63) is 27.7 Å². The maximum atomic E-state index is 11.2. The predicted octanol–water partition coefficient (Wildman–Crippen LogP) is -0.363. The van der Waals surface area contributed by atoms with E-state index in [0.29, 0.717) is 0 Å². The van der Waals surface area contributed by atoms with E-state index in [0.717, 1.165) is 6.20 Å². The first-order chi connectivity index (χ1) is 6.54. The van der Waals surface area contributed by atoms with Crippen LogP contribution in [0, 0.1) is 0 Å². The molecule has 1 aromatic heterocycles. The van der Waals surface area contributed by atoms with Crippen molar-refractivity contribution >= 4 is 11.6 Å². The van der Waals surface area contributed by atoms with Crippen molar-refractivity contribution in [1.29, 1.82) is 0 Å². The molecule has 0 N–H and O–H groups in total. The van der Waals surface area contributed by atoms with Gasteiger partial charge in [-0.15, -0.1) is 5.10 Å². The fourth-order valence-electron chi connectivity index (χ4n) is 0.987. The Labute approximate surface area is 79.0 Å². The molecule has 0 aliphatic rings. The number of aromatic nitrogens is 3. The lowest BCUT2D eigenvalue weighted by molar-refractivity contribution is 0.0979. The average molecular weight is 193 g/mol. The third kappa shape index (κ3) is 1.85. The molecule has 0 atom stereocenters. The van der Waals surface area contributed by atoms with Crippen LogP contribution in [0.2, 0.25) is 0 Å². The Morgan fingerprint density at radius 1 is 1.21 bits per heavy atom. The van der Waals surface area contributed by atoms with Gasteiger partial charge in [0.15, 0.2) is 11.6 Å². The molecular formula is C8H7N3O3. The first-order valence-corrected chi connectivity index (χ1v) is 3.78. The van der Waals surface area contributed by atoms with Crippen LogP contribution in [0.1, 0.15) is 34.6 Å². The van der Waals surface area contributed by atoms with Crippen LogP contribution in [0.3, 0.4) is 0 Å². The standard InChI is InChI=1S/C8H7N3O3/c1-4(12)6-3-9-11-10-8(14)7(6)5(2)13/h3H,1-2H3. The van der Waals surface area contributed by atoms with Crippen LogP contribution in [-0.4, -0.2) is 27.0 Å². The van der Waals surface area contributed by atoms with Gasteiger partial charge < -0.3 is 0 Å². The van der Waals surface area contributed by atoms with Crippen LogP contribution in [0.25, 0.3) is 0 Å². The Balaban J connectivity index is 3.67. The molecule has 6 heteroatoms. The average Bonchev–Trinajstić information content (AvgIpc) is 2.26. The summed E-state index contributed by atoms with van der Waals surface area (Å²) in [6.07, 6.45) is 1.06. The van der Waals surface area contributed by atoms with Gasteiger partial charge >= 0.3 is 5.56 Å². The first-order valence-electron chi connectivity index (χ1n) is 3.78. The van der Waals surface area contributed by atoms with Gasteiger partial charge in [0, 0.05) is 0 Å². The van der Waals surface area contributed by atoms with E-state index in [1.165, 1.54) is 13.8 Å². The third-order valence-electron chi connectivity index (χ3n) is 1.59. The second kappa shape index (κ2) is 3.82. The molecule has 0 fully saturated rings. The number of hydrogen-bond acceptors (Lipinski definition) is 6. The van der Waals surface area contributed by atoms with Crippen LogP contribution in [0.15, 0.2) is 11.0 Å². The highest BCUT2D eigenvalue weighted by molar-refractivity contribution is 6.06. The molecule has 1 heterocycles. The highest BCUT2D eigenvalue weighted by Crippen LogP contribution is 2.01. The minimum absolute atomic E-state index is 0.0486. The molecule has 6 nitrogen and oxygen atoms in total. The van der Waals surface area contributed by atoms with E-state index in [2.05, 4.69) is 15.4 Å². The summed E-state index contributed by atoms with van der Waals surface area (Å²) in [5, 5.41) is 9.57. The van der Waals surface area contributed by atoms with Crippen molar-refractivity contribution in [3.63, 3.8) is 0 Å². The van der Waals surface area contributed by atoms with Gasteiger partial charge in [-0.05, 0) is 19.1 Å². The molecule has 0 saturated heterocycles. The van der Waals surface area contributed by atoms with Gasteiger partial charge in [-0.25, -0.2) is 0 Å². The number of ketones is 2. The summed E-state index contributed by atoms with van der Waals surface area (Å²) < 4.78 is 0. The monoisotopic (exact) mass is 193 g/mol. The van der Waals surface area contributed by atoms with E-state index in [1.54, 1.807) is 0 Å². The molecule has 0 aromatic carbocycles. The van der Waals surface area contributed by atoms with Crippen LogP contribution >= 0.6 is 0 Å². The minimum atomic E-state index is -0.833. The smallest absolute Gasteiger partial charge is 0.294 e. The Bertz CT molecular complexity index is 456. The van der Waals surface area contributed by atoms with Gasteiger partial charge in [-0.3, -0.25) is 14.4 Å². The van der Waals surface area contributed by atoms with Crippen molar-refractivity contribution in [1.82, 2.24) is 15.4 Å². The lowest BCUT2D eigenvalue weighted by atomic mass is 10.1. The van der Waals surface area contributed by atoms with Gasteiger partial charge in [0.05, 0.1) is 17.3 Å². The molecule has 1 aromatic rings. The zero-order valence-electron chi connectivity index (χ0n) is 7.64. The number of carbonyl (C=O) groups is 2. The summed E-state index contributed by atoms with van der Waals surface area (Å²) in [4.78, 5) is 33.4. The van der Waals surface area contributed by atoms with Crippen molar-refractivity contribution in [3.8, 4) is 0 Å². The Morgan fingerprint density at radius 2 is 1.86 bits per heavy atom. The van der Waals surface area contributed by atoms with Crippen molar-refractivity contribution in [2.75, 3.05) is 0 Å². The van der Waals surface area contributed by atoms with Crippen molar-refractivity contribution in [2.45, 2.75) is 13.8 Å². The molecular weight excluding hydrogens is 186 g/mol. The van der Waals surface area contributed by atoms with E-state index in [9.17, 15) is 14.4 Å². The van der Waals surface area contributed by atoms with Gasteiger partial charge in [0.1, 0.15) is 0 Å². The minimum Gasteiger partial charge on any atom is -0.294 e. The molecule has 0 amide bonds. The number of Topliss-reactive ketones (excluding diaryl/α,β-unsaturated/α-hetero) is 2. The molecule has 14 heavy (non-hydrogen) atoms. The predicted molar refractivity (Wildman–Crippen MR) is 46.1 cm³/mol. The lowest BCUT2D eigenvalue weighted by Gasteiger charge is -1.94. The molecule has 0 spiro atoms. The third-order valence-corrected chi connectivity index (χ3v) is 1.59. The molecule has 0 unspecified atom stereocenters. The van der Waals surface area contributed by atoms with E-state index in [4.69, 9.17) is 0 Å². The number of nitrogens with zero attached hydrogens (tertiary/aromatic N) is 3. The fraction of sp³-hybridized carbons (Fsp3) is 0.250. The molecule has 0 saturated carbocycles. The second-order valence-corrected chi connectivity index (χ2v) is 2.64. The second-order valence-electron chi connectivity index (χ2n) is 2.64. The van der Waals surface area contributed by atoms with Gasteiger partial charge in [-0.2, -0.15) is 0 Å². The topological polar surface area (TPSA) is 89.9 Å². The lowest BCUT2D eigenvalue weighted by Crippen LogP contribution is -2.17. The maximum Gasteiger partial charge on any atom is 0.301 e. The van der Waals surface area contributed by atoms with E-state index in [-0.39, 0.29) is 11.1 Å². The highest BCUT2D eigenvalue weighted by atomic mass is 16.2. The normalized spacial score (nSPS) is 9.57. The number of rotatable bonds is 2. The van der Waals surface area contributed by atoms with Crippen LogP contribution in [-0.2, 0) is 0 Å². The zero-order valence-corrected chi connectivity index (χ0v) is 7.64. The Morgan fingerprint density at radius 3 is 2.36 bits per heavy atom. The van der Waals surface area contributed by atoms with Gasteiger partial charge in [-0.1, -0.05) is 5.10 Å². The first kappa shape index (κ1) is 10.1. The number of carbonyl (C=O) groups excluding carboxylic acids is 2. The quantitative estimate of drug-likeness (QED) is 0.595. The molecule has 72 valence electrons. The molecule has 1 rings (SSSR count). The fourth-order valence-corrected chi connectivity index (χ4v) is 0.987. The number of hydrogen-bond donors (Lipinski definition) is 0. The van der Waals surface area contributed by atoms with E-state index in [1.807, 2.05) is 0 Å². The van der Waals surface area contributed by atoms with Crippen LogP contribution in [0.5, 0.6) is 0 Å². The summed E-state index contributed by atoms with van der Waals surface area (Å²) in [7, 11) is 0. The maximum absolute atomic E-state index is 11.2.